The molecule has 1 heterocycles. The zero-order valence-electron chi connectivity index (χ0n) is 10.4. The summed E-state index contributed by atoms with van der Waals surface area (Å²) in [5, 5.41) is 9.13. The van der Waals surface area contributed by atoms with E-state index in [0.29, 0.717) is 6.42 Å². The van der Waals surface area contributed by atoms with Crippen molar-refractivity contribution in [3.63, 3.8) is 0 Å². The minimum atomic E-state index is -0.800. The molecule has 1 aliphatic heterocycles. The molecular weight excluding hydrogens is 218 g/mol. The Bertz CT molecular complexity index is 316. The van der Waals surface area contributed by atoms with Crippen LogP contribution in [0.1, 0.15) is 45.4 Å². The molecule has 2 rings (SSSR count). The van der Waals surface area contributed by atoms with E-state index in [4.69, 9.17) is 5.11 Å². The van der Waals surface area contributed by atoms with Gasteiger partial charge in [0.2, 0.25) is 5.91 Å². The van der Waals surface area contributed by atoms with E-state index in [0.717, 1.165) is 32.2 Å². The highest BCUT2D eigenvalue weighted by atomic mass is 16.4. The van der Waals surface area contributed by atoms with Gasteiger partial charge in [-0.2, -0.15) is 0 Å². The molecule has 3 unspecified atom stereocenters. The van der Waals surface area contributed by atoms with E-state index in [1.807, 2.05) is 4.90 Å². The Morgan fingerprint density at radius 2 is 1.76 bits per heavy atom. The number of hydrogen-bond donors (Lipinski definition) is 1. The fourth-order valence-corrected chi connectivity index (χ4v) is 3.19. The molecule has 1 saturated heterocycles. The molecule has 2 fully saturated rings. The van der Waals surface area contributed by atoms with E-state index < -0.39 is 11.9 Å². The van der Waals surface area contributed by atoms with Crippen LogP contribution < -0.4 is 0 Å². The molecule has 0 aromatic rings. The minimum absolute atomic E-state index is 0.0853. The third-order valence-corrected chi connectivity index (χ3v) is 4.24. The summed E-state index contributed by atoms with van der Waals surface area (Å²) in [4.78, 5) is 25.4. The Hall–Kier alpha value is -1.06. The summed E-state index contributed by atoms with van der Waals surface area (Å²) in [6, 6.07) is 0.284. The Kier molecular flexibility index (Phi) is 3.69. The molecule has 0 bridgehead atoms. The van der Waals surface area contributed by atoms with Crippen LogP contribution in [0.5, 0.6) is 0 Å². The summed E-state index contributed by atoms with van der Waals surface area (Å²) in [5.41, 5.74) is 0. The van der Waals surface area contributed by atoms with Gasteiger partial charge in [-0.15, -0.1) is 0 Å². The molecule has 0 aromatic carbocycles. The highest BCUT2D eigenvalue weighted by molar-refractivity contribution is 5.85. The van der Waals surface area contributed by atoms with Crippen LogP contribution in [0.25, 0.3) is 0 Å². The van der Waals surface area contributed by atoms with E-state index in [2.05, 4.69) is 6.92 Å². The first-order chi connectivity index (χ1) is 8.11. The van der Waals surface area contributed by atoms with Gasteiger partial charge >= 0.3 is 5.97 Å². The van der Waals surface area contributed by atoms with Gasteiger partial charge < -0.3 is 10.0 Å². The second-order valence-corrected chi connectivity index (χ2v) is 5.36. The topological polar surface area (TPSA) is 57.6 Å². The average molecular weight is 239 g/mol. The fraction of sp³-hybridized carbons (Fsp3) is 0.846. The van der Waals surface area contributed by atoms with Gasteiger partial charge in [0.05, 0.1) is 11.8 Å². The molecule has 17 heavy (non-hydrogen) atoms. The number of carboxylic acid groups (broad SMARTS) is 1. The predicted octanol–water partition coefficient (Wildman–Crippen LogP) is 1.89. The Balaban J connectivity index is 2.05. The largest absolute Gasteiger partial charge is 0.481 e. The second-order valence-electron chi connectivity index (χ2n) is 5.36. The van der Waals surface area contributed by atoms with Gasteiger partial charge in [-0.3, -0.25) is 9.59 Å². The molecule has 2 aliphatic rings. The smallest absolute Gasteiger partial charge is 0.307 e. The zero-order valence-corrected chi connectivity index (χ0v) is 10.4. The van der Waals surface area contributed by atoms with Crippen LogP contribution in [0.15, 0.2) is 0 Å². The van der Waals surface area contributed by atoms with Crippen molar-refractivity contribution in [2.45, 2.75) is 51.5 Å². The quantitative estimate of drug-likeness (QED) is 0.800. The predicted molar refractivity (Wildman–Crippen MR) is 63.5 cm³/mol. The lowest BCUT2D eigenvalue weighted by molar-refractivity contribution is -0.150. The number of piperidine rings is 1. The maximum atomic E-state index is 12.4. The number of carbonyl (C=O) groups excluding carboxylic acids is 1. The molecule has 1 amide bonds. The molecule has 1 N–H and O–H groups in total. The molecule has 0 radical (unpaired) electrons. The third kappa shape index (κ3) is 2.45. The lowest BCUT2D eigenvalue weighted by Gasteiger charge is -2.36. The van der Waals surface area contributed by atoms with Crippen molar-refractivity contribution >= 4 is 11.9 Å². The summed E-state index contributed by atoms with van der Waals surface area (Å²) < 4.78 is 0. The lowest BCUT2D eigenvalue weighted by Crippen LogP contribution is -2.46. The first kappa shape index (κ1) is 12.4. The molecule has 0 aromatic heterocycles. The minimum Gasteiger partial charge on any atom is -0.481 e. The van der Waals surface area contributed by atoms with Crippen LogP contribution in [-0.2, 0) is 9.59 Å². The van der Waals surface area contributed by atoms with Crippen molar-refractivity contribution in [1.82, 2.24) is 4.90 Å². The summed E-state index contributed by atoms with van der Waals surface area (Å²) in [6.07, 6.45) is 5.57. The highest BCUT2D eigenvalue weighted by Gasteiger charge is 2.40. The van der Waals surface area contributed by atoms with E-state index >= 15 is 0 Å². The molecule has 0 spiro atoms. The van der Waals surface area contributed by atoms with Gasteiger partial charge in [0.1, 0.15) is 0 Å². The fourth-order valence-electron chi connectivity index (χ4n) is 3.19. The summed E-state index contributed by atoms with van der Waals surface area (Å²) in [6.45, 7) is 2.88. The monoisotopic (exact) mass is 239 g/mol. The number of carbonyl (C=O) groups is 2. The highest BCUT2D eigenvalue weighted by Crippen LogP contribution is 2.34. The molecule has 1 saturated carbocycles. The van der Waals surface area contributed by atoms with Gasteiger partial charge in [0.15, 0.2) is 0 Å². The summed E-state index contributed by atoms with van der Waals surface area (Å²) in [7, 11) is 0. The third-order valence-electron chi connectivity index (χ3n) is 4.24. The SMILES string of the molecule is CC1CCCCN1C(=O)C1CCCC1C(=O)O. The van der Waals surface area contributed by atoms with Gasteiger partial charge in [-0.05, 0) is 39.0 Å². The number of likely N-dealkylation sites (tertiary alicyclic amines) is 1. The average Bonchev–Trinajstić information content (AvgIpc) is 2.77. The maximum Gasteiger partial charge on any atom is 0.307 e. The van der Waals surface area contributed by atoms with Gasteiger partial charge in [0.25, 0.3) is 0 Å². The Morgan fingerprint density at radius 1 is 1.06 bits per heavy atom. The van der Waals surface area contributed by atoms with Gasteiger partial charge in [-0.1, -0.05) is 6.42 Å². The van der Waals surface area contributed by atoms with Gasteiger partial charge in [0, 0.05) is 12.6 Å². The van der Waals surface area contributed by atoms with Crippen LogP contribution in [0.3, 0.4) is 0 Å². The van der Waals surface area contributed by atoms with Crippen molar-refractivity contribution in [3.05, 3.63) is 0 Å². The van der Waals surface area contributed by atoms with Crippen LogP contribution in [-0.4, -0.2) is 34.5 Å². The number of carboxylic acids is 1. The van der Waals surface area contributed by atoms with Crippen LogP contribution in [0.4, 0.5) is 0 Å². The normalized spacial score (nSPS) is 33.7. The maximum absolute atomic E-state index is 12.4. The van der Waals surface area contributed by atoms with Crippen LogP contribution in [0, 0.1) is 11.8 Å². The molecule has 3 atom stereocenters. The van der Waals surface area contributed by atoms with Crippen molar-refractivity contribution in [3.8, 4) is 0 Å². The van der Waals surface area contributed by atoms with Crippen molar-refractivity contribution in [2.24, 2.45) is 11.8 Å². The zero-order chi connectivity index (χ0) is 12.4. The number of aliphatic carboxylic acids is 1. The van der Waals surface area contributed by atoms with E-state index in [1.165, 1.54) is 6.42 Å². The summed E-state index contributed by atoms with van der Waals surface area (Å²) >= 11 is 0. The van der Waals surface area contributed by atoms with Crippen molar-refractivity contribution in [2.75, 3.05) is 6.54 Å². The lowest BCUT2D eigenvalue weighted by atomic mass is 9.92. The molecule has 4 nitrogen and oxygen atoms in total. The number of hydrogen-bond acceptors (Lipinski definition) is 2. The first-order valence-electron chi connectivity index (χ1n) is 6.64. The van der Waals surface area contributed by atoms with Crippen molar-refractivity contribution < 1.29 is 14.7 Å². The van der Waals surface area contributed by atoms with Gasteiger partial charge in [-0.25, -0.2) is 0 Å². The number of amides is 1. The Labute approximate surface area is 102 Å². The summed E-state index contributed by atoms with van der Waals surface area (Å²) in [5.74, 6) is -1.43. The van der Waals surface area contributed by atoms with E-state index in [9.17, 15) is 9.59 Å². The number of nitrogens with zero attached hydrogens (tertiary/aromatic N) is 1. The van der Waals surface area contributed by atoms with E-state index in [-0.39, 0.29) is 17.9 Å². The second kappa shape index (κ2) is 5.07. The molecule has 4 heteroatoms. The molecule has 1 aliphatic carbocycles. The standard InChI is InChI=1S/C13H21NO3/c1-9-5-2-3-8-14(9)12(15)10-6-4-7-11(10)13(16)17/h9-11H,2-8H2,1H3,(H,16,17). The van der Waals surface area contributed by atoms with Crippen molar-refractivity contribution in [1.29, 1.82) is 0 Å². The van der Waals surface area contributed by atoms with E-state index in [1.54, 1.807) is 0 Å². The molecule has 96 valence electrons. The van der Waals surface area contributed by atoms with Crippen LogP contribution >= 0.6 is 0 Å². The number of rotatable bonds is 2. The Morgan fingerprint density at radius 3 is 2.41 bits per heavy atom. The van der Waals surface area contributed by atoms with Crippen LogP contribution in [0.2, 0.25) is 0 Å². The molecular formula is C13H21NO3. The first-order valence-corrected chi connectivity index (χ1v) is 6.64.